The zero-order chi connectivity index (χ0) is 16.3. The number of thioether (sulfide) groups is 1. The van der Waals surface area contributed by atoms with Gasteiger partial charge >= 0.3 is 0 Å². The third-order valence-corrected chi connectivity index (χ3v) is 7.07. The highest BCUT2D eigenvalue weighted by Gasteiger charge is 2.35. The molecule has 0 bridgehead atoms. The average molecular weight is 337 g/mol. The Kier molecular flexibility index (Phi) is 6.60. The van der Waals surface area contributed by atoms with Crippen LogP contribution in [-0.4, -0.2) is 61.1 Å². The maximum Gasteiger partial charge on any atom is 0.166 e. The summed E-state index contributed by atoms with van der Waals surface area (Å²) in [6.07, 6.45) is 0. The van der Waals surface area contributed by atoms with E-state index >= 15 is 0 Å². The molecule has 1 N–H and O–H groups in total. The lowest BCUT2D eigenvalue weighted by molar-refractivity contribution is 0.162. The summed E-state index contributed by atoms with van der Waals surface area (Å²) in [5.41, 5.74) is 0.140. The molecule has 21 heavy (non-hydrogen) atoms. The van der Waals surface area contributed by atoms with E-state index < -0.39 is 9.84 Å². The van der Waals surface area contributed by atoms with Crippen LogP contribution in [0.15, 0.2) is 0 Å². The quantitative estimate of drug-likeness (QED) is 0.806. The minimum absolute atomic E-state index is 0.0524. The van der Waals surface area contributed by atoms with Gasteiger partial charge in [-0.2, -0.15) is 11.8 Å². The van der Waals surface area contributed by atoms with Crippen molar-refractivity contribution < 1.29 is 8.42 Å². The number of sulfone groups is 1. The van der Waals surface area contributed by atoms with E-state index in [9.17, 15) is 8.42 Å². The van der Waals surface area contributed by atoms with Crippen molar-refractivity contribution in [3.05, 3.63) is 0 Å². The summed E-state index contributed by atoms with van der Waals surface area (Å²) in [6, 6.07) is 0. The van der Waals surface area contributed by atoms with Gasteiger partial charge in [0.15, 0.2) is 9.84 Å². The summed E-state index contributed by atoms with van der Waals surface area (Å²) in [4.78, 5) is 2.18. The van der Waals surface area contributed by atoms with Crippen molar-refractivity contribution in [2.75, 3.05) is 36.9 Å². The van der Waals surface area contributed by atoms with E-state index in [1.807, 2.05) is 0 Å². The largest absolute Gasteiger partial charge is 0.311 e. The Balaban J connectivity index is 2.73. The van der Waals surface area contributed by atoms with Crippen LogP contribution in [-0.2, 0) is 9.84 Å². The minimum Gasteiger partial charge on any atom is -0.311 e. The lowest BCUT2D eigenvalue weighted by Gasteiger charge is -2.40. The first-order valence-corrected chi connectivity index (χ1v) is 10.6. The van der Waals surface area contributed by atoms with Crippen molar-refractivity contribution in [1.29, 1.82) is 0 Å². The third kappa shape index (κ3) is 6.47. The van der Waals surface area contributed by atoms with Crippen molar-refractivity contribution in [2.24, 2.45) is 5.41 Å². The molecule has 0 aromatic heterocycles. The van der Waals surface area contributed by atoms with E-state index in [0.717, 1.165) is 25.4 Å². The van der Waals surface area contributed by atoms with Crippen molar-refractivity contribution in [2.45, 2.75) is 52.5 Å². The van der Waals surface area contributed by atoms with Crippen LogP contribution in [0.1, 0.15) is 41.5 Å². The molecule has 0 radical (unpaired) electrons. The summed E-state index contributed by atoms with van der Waals surface area (Å²) in [6.45, 7) is 15.2. The van der Waals surface area contributed by atoms with Gasteiger partial charge in [-0.1, -0.05) is 20.8 Å². The molecule has 1 saturated heterocycles. The molecular formula is C15H32N2O2S2. The number of nitrogens with zero attached hydrogens (tertiary/aromatic N) is 1. The fraction of sp³-hybridized carbons (Fsp3) is 1.00. The van der Waals surface area contributed by atoms with E-state index in [2.05, 4.69) is 44.8 Å². The molecule has 1 rings (SSSR count). The first-order valence-electron chi connectivity index (χ1n) is 7.75. The molecule has 0 aliphatic carbocycles. The monoisotopic (exact) mass is 336 g/mol. The number of rotatable bonds is 6. The van der Waals surface area contributed by atoms with Crippen LogP contribution in [0.2, 0.25) is 0 Å². The lowest BCUT2D eigenvalue weighted by atomic mass is 9.91. The maximum absolute atomic E-state index is 12.3. The first kappa shape index (κ1) is 19.3. The molecule has 0 saturated carbocycles. The van der Waals surface area contributed by atoms with E-state index in [-0.39, 0.29) is 22.1 Å². The molecule has 4 nitrogen and oxygen atoms in total. The van der Waals surface area contributed by atoms with Gasteiger partial charge in [0.2, 0.25) is 0 Å². The van der Waals surface area contributed by atoms with Crippen LogP contribution in [0.25, 0.3) is 0 Å². The number of hydrogen-bond acceptors (Lipinski definition) is 5. The number of nitrogens with one attached hydrogen (secondary N) is 1. The normalized spacial score (nSPS) is 22.5. The molecule has 0 aromatic carbocycles. The van der Waals surface area contributed by atoms with Crippen LogP contribution in [0.4, 0.5) is 0 Å². The average Bonchev–Trinajstić information content (AvgIpc) is 2.36. The van der Waals surface area contributed by atoms with E-state index in [0.29, 0.717) is 5.75 Å². The highest BCUT2D eigenvalue weighted by atomic mass is 32.2. The fourth-order valence-corrected chi connectivity index (χ4v) is 5.51. The highest BCUT2D eigenvalue weighted by Crippen LogP contribution is 2.26. The predicted octanol–water partition coefficient (Wildman–Crippen LogP) is 2.21. The zero-order valence-corrected chi connectivity index (χ0v) is 16.0. The van der Waals surface area contributed by atoms with E-state index in [4.69, 9.17) is 0 Å². The highest BCUT2D eigenvalue weighted by molar-refractivity contribution is 8.01. The van der Waals surface area contributed by atoms with E-state index in [1.165, 1.54) is 0 Å². The third-order valence-electron chi connectivity index (χ3n) is 3.74. The Morgan fingerprint density at radius 2 is 1.86 bits per heavy atom. The van der Waals surface area contributed by atoms with Crippen LogP contribution < -0.4 is 5.32 Å². The molecular weight excluding hydrogens is 304 g/mol. The van der Waals surface area contributed by atoms with Crippen LogP contribution in [0.3, 0.4) is 0 Å². The molecule has 1 fully saturated rings. The van der Waals surface area contributed by atoms with Gasteiger partial charge in [0, 0.05) is 42.4 Å². The molecule has 1 heterocycles. The van der Waals surface area contributed by atoms with Crippen molar-refractivity contribution in [1.82, 2.24) is 10.2 Å². The van der Waals surface area contributed by atoms with Gasteiger partial charge in [-0.25, -0.2) is 8.42 Å². The topological polar surface area (TPSA) is 49.4 Å². The van der Waals surface area contributed by atoms with Gasteiger partial charge < -0.3 is 5.32 Å². The van der Waals surface area contributed by atoms with Gasteiger partial charge in [0.25, 0.3) is 0 Å². The molecule has 1 aliphatic rings. The van der Waals surface area contributed by atoms with Gasteiger partial charge in [0.05, 0.1) is 0 Å². The predicted molar refractivity (Wildman–Crippen MR) is 93.7 cm³/mol. The SMILES string of the molecule is CCS(=O)(=O)C1CSCCN1CC(C)(C)CNC(C)(C)C. The van der Waals surface area contributed by atoms with Crippen LogP contribution >= 0.6 is 11.8 Å². The molecule has 1 unspecified atom stereocenters. The zero-order valence-electron chi connectivity index (χ0n) is 14.4. The second-order valence-electron chi connectivity index (χ2n) is 7.72. The molecule has 1 aliphatic heterocycles. The van der Waals surface area contributed by atoms with Crippen LogP contribution in [0.5, 0.6) is 0 Å². The summed E-state index contributed by atoms with van der Waals surface area (Å²) in [7, 11) is -3.00. The van der Waals surface area contributed by atoms with Gasteiger partial charge in [-0.15, -0.1) is 0 Å². The summed E-state index contributed by atoms with van der Waals surface area (Å²) in [5, 5.41) is 3.23. The number of hydrogen-bond donors (Lipinski definition) is 1. The lowest BCUT2D eigenvalue weighted by Crippen LogP contribution is -2.53. The van der Waals surface area contributed by atoms with Gasteiger partial charge in [-0.05, 0) is 26.2 Å². The Labute approximate surface area is 135 Å². The van der Waals surface area contributed by atoms with E-state index in [1.54, 1.807) is 18.7 Å². The smallest absolute Gasteiger partial charge is 0.166 e. The maximum atomic E-state index is 12.3. The second-order valence-corrected chi connectivity index (χ2v) is 11.3. The fourth-order valence-electron chi connectivity index (χ4n) is 2.43. The summed E-state index contributed by atoms with van der Waals surface area (Å²) >= 11 is 1.76. The summed E-state index contributed by atoms with van der Waals surface area (Å²) in [5.74, 6) is 1.97. The Morgan fingerprint density at radius 3 is 2.38 bits per heavy atom. The van der Waals surface area contributed by atoms with Crippen molar-refractivity contribution in [3.8, 4) is 0 Å². The standard InChI is InChI=1S/C15H32N2O2S2/c1-7-21(18,19)13-10-20-9-8-17(13)12-15(5,6)11-16-14(2,3)4/h13,16H,7-12H2,1-6H3. The Morgan fingerprint density at radius 1 is 1.24 bits per heavy atom. The molecule has 6 heteroatoms. The van der Waals surface area contributed by atoms with Gasteiger partial charge in [0.1, 0.15) is 5.37 Å². The first-order chi connectivity index (χ1) is 9.47. The molecule has 1 atom stereocenters. The molecule has 0 amide bonds. The molecule has 0 aromatic rings. The second kappa shape index (κ2) is 7.20. The molecule has 0 spiro atoms. The minimum atomic E-state index is -3.00. The van der Waals surface area contributed by atoms with Gasteiger partial charge in [-0.3, -0.25) is 4.90 Å². The molecule has 126 valence electrons. The summed E-state index contributed by atoms with van der Waals surface area (Å²) < 4.78 is 24.6. The van der Waals surface area contributed by atoms with Crippen molar-refractivity contribution in [3.63, 3.8) is 0 Å². The Bertz CT molecular complexity index is 427. The van der Waals surface area contributed by atoms with Crippen molar-refractivity contribution >= 4 is 21.6 Å². The Hall–Kier alpha value is 0.220. The van der Waals surface area contributed by atoms with Crippen LogP contribution in [0, 0.1) is 5.41 Å².